The summed E-state index contributed by atoms with van der Waals surface area (Å²) in [4.78, 5) is 28.0. The van der Waals surface area contributed by atoms with Crippen molar-refractivity contribution in [1.29, 1.82) is 0 Å². The Balaban J connectivity index is 2.12. The van der Waals surface area contributed by atoms with Gasteiger partial charge in [-0.2, -0.15) is 0 Å². The molecule has 0 aliphatic carbocycles. The molecule has 1 atom stereocenters. The Morgan fingerprint density at radius 1 is 1.00 bits per heavy atom. The number of sulfonamides is 1. The molecule has 0 radical (unpaired) electrons. The van der Waals surface area contributed by atoms with Crippen LogP contribution in [0.5, 0.6) is 0 Å². The molecule has 7 nitrogen and oxygen atoms in total. The molecule has 0 bridgehead atoms. The van der Waals surface area contributed by atoms with E-state index < -0.39 is 16.1 Å². The van der Waals surface area contributed by atoms with E-state index in [1.165, 1.54) is 11.4 Å². The average Bonchev–Trinajstić information content (AvgIpc) is 2.85. The number of rotatable bonds is 14. The van der Waals surface area contributed by atoms with Crippen molar-refractivity contribution in [2.24, 2.45) is 0 Å². The number of benzene rings is 2. The van der Waals surface area contributed by atoms with Crippen LogP contribution in [0.25, 0.3) is 0 Å². The predicted molar refractivity (Wildman–Crippen MR) is 139 cm³/mol. The lowest BCUT2D eigenvalue weighted by molar-refractivity contribution is -0.141. The average molecular weight is 522 g/mol. The highest BCUT2D eigenvalue weighted by Gasteiger charge is 2.29. The highest BCUT2D eigenvalue weighted by atomic mass is 35.5. The van der Waals surface area contributed by atoms with Gasteiger partial charge in [-0.05, 0) is 43.0 Å². The second kappa shape index (κ2) is 14.2. The van der Waals surface area contributed by atoms with E-state index in [0.29, 0.717) is 24.4 Å². The number of halogens is 1. The van der Waals surface area contributed by atoms with Gasteiger partial charge in [0.2, 0.25) is 21.8 Å². The number of nitrogens with one attached hydrogen (secondary N) is 1. The van der Waals surface area contributed by atoms with Crippen LogP contribution in [-0.4, -0.2) is 55.6 Å². The lowest BCUT2D eigenvalue weighted by Crippen LogP contribution is -2.49. The lowest BCUT2D eigenvalue weighted by Gasteiger charge is -2.31. The molecule has 0 saturated carbocycles. The molecular weight excluding hydrogens is 486 g/mol. The standard InChI is InChI=1S/C26H36ClN3O4S/c1-4-6-18-28-26(32)24(5-2)30(20-21-13-10-11-16-23(21)27)25(31)17-12-19-29(3)35(33,34)22-14-8-7-9-15-22/h7-11,13-16,24H,4-6,12,17-20H2,1-3H3,(H,28,32). The Labute approximate surface area is 214 Å². The first-order valence-electron chi connectivity index (χ1n) is 12.0. The van der Waals surface area contributed by atoms with Crippen molar-refractivity contribution in [2.75, 3.05) is 20.1 Å². The lowest BCUT2D eigenvalue weighted by atomic mass is 10.1. The van der Waals surface area contributed by atoms with Gasteiger partial charge in [-0.15, -0.1) is 0 Å². The molecule has 9 heteroatoms. The predicted octanol–water partition coefficient (Wildman–Crippen LogP) is 4.46. The van der Waals surface area contributed by atoms with Gasteiger partial charge in [0.05, 0.1) is 4.90 Å². The summed E-state index contributed by atoms with van der Waals surface area (Å²) in [5.74, 6) is -0.405. The van der Waals surface area contributed by atoms with Crippen molar-refractivity contribution in [2.45, 2.75) is 63.4 Å². The molecule has 1 unspecified atom stereocenters. The van der Waals surface area contributed by atoms with Crippen molar-refractivity contribution in [1.82, 2.24) is 14.5 Å². The Kier molecular flexibility index (Phi) is 11.7. The Hall–Kier alpha value is -2.42. The first-order valence-corrected chi connectivity index (χ1v) is 13.9. The van der Waals surface area contributed by atoms with Crippen LogP contribution in [0.15, 0.2) is 59.5 Å². The Morgan fingerprint density at radius 2 is 1.66 bits per heavy atom. The van der Waals surface area contributed by atoms with Gasteiger partial charge in [0.25, 0.3) is 0 Å². The molecule has 0 aliphatic heterocycles. The zero-order valence-electron chi connectivity index (χ0n) is 20.7. The van der Waals surface area contributed by atoms with Crippen LogP contribution in [0.3, 0.4) is 0 Å². The van der Waals surface area contributed by atoms with E-state index in [9.17, 15) is 18.0 Å². The molecule has 1 N–H and O–H groups in total. The fourth-order valence-electron chi connectivity index (χ4n) is 3.72. The molecule has 2 aromatic carbocycles. The molecule has 35 heavy (non-hydrogen) atoms. The smallest absolute Gasteiger partial charge is 0.242 e. The van der Waals surface area contributed by atoms with E-state index in [-0.39, 0.29) is 36.2 Å². The fourth-order valence-corrected chi connectivity index (χ4v) is 5.15. The van der Waals surface area contributed by atoms with Gasteiger partial charge in [0, 0.05) is 38.1 Å². The molecule has 0 aliphatic rings. The van der Waals surface area contributed by atoms with E-state index in [4.69, 9.17) is 11.6 Å². The van der Waals surface area contributed by atoms with Crippen LogP contribution in [-0.2, 0) is 26.2 Å². The number of carbonyl (C=O) groups excluding carboxylic acids is 2. The molecule has 192 valence electrons. The van der Waals surface area contributed by atoms with Crippen LogP contribution in [0.4, 0.5) is 0 Å². The summed E-state index contributed by atoms with van der Waals surface area (Å²) in [5, 5.41) is 3.46. The molecule has 0 saturated heterocycles. The SMILES string of the molecule is CCCCNC(=O)C(CC)N(Cc1ccccc1Cl)C(=O)CCCN(C)S(=O)(=O)c1ccccc1. The zero-order chi connectivity index (χ0) is 25.8. The van der Waals surface area contributed by atoms with Crippen LogP contribution >= 0.6 is 11.6 Å². The van der Waals surface area contributed by atoms with Crippen molar-refractivity contribution >= 4 is 33.4 Å². The molecular formula is C26H36ClN3O4S. The fraction of sp³-hybridized carbons (Fsp3) is 0.462. The third kappa shape index (κ3) is 8.33. The first kappa shape index (κ1) is 28.8. The minimum atomic E-state index is -3.63. The van der Waals surface area contributed by atoms with Gasteiger partial charge in [-0.25, -0.2) is 12.7 Å². The van der Waals surface area contributed by atoms with Gasteiger partial charge >= 0.3 is 0 Å². The Morgan fingerprint density at radius 3 is 2.29 bits per heavy atom. The summed E-state index contributed by atoms with van der Waals surface area (Å²) in [6, 6.07) is 14.8. The topological polar surface area (TPSA) is 86.8 Å². The van der Waals surface area contributed by atoms with E-state index >= 15 is 0 Å². The van der Waals surface area contributed by atoms with Crippen molar-refractivity contribution in [3.8, 4) is 0 Å². The maximum atomic E-state index is 13.3. The van der Waals surface area contributed by atoms with Gasteiger partial charge in [0.1, 0.15) is 6.04 Å². The van der Waals surface area contributed by atoms with Crippen LogP contribution in [0, 0.1) is 0 Å². The third-order valence-corrected chi connectivity index (χ3v) is 8.07. The van der Waals surface area contributed by atoms with Crippen LogP contribution in [0.2, 0.25) is 5.02 Å². The van der Waals surface area contributed by atoms with Crippen LogP contribution in [0.1, 0.15) is 51.5 Å². The third-order valence-electron chi connectivity index (χ3n) is 5.83. The largest absolute Gasteiger partial charge is 0.354 e. The number of amides is 2. The van der Waals surface area contributed by atoms with Crippen LogP contribution < -0.4 is 5.32 Å². The van der Waals surface area contributed by atoms with Gasteiger partial charge in [0.15, 0.2) is 0 Å². The van der Waals surface area contributed by atoms with E-state index in [1.54, 1.807) is 41.3 Å². The maximum Gasteiger partial charge on any atom is 0.242 e. The maximum absolute atomic E-state index is 13.3. The minimum absolute atomic E-state index is 0.109. The van der Waals surface area contributed by atoms with E-state index in [2.05, 4.69) is 5.32 Å². The highest BCUT2D eigenvalue weighted by Crippen LogP contribution is 2.21. The first-order chi connectivity index (χ1) is 16.7. The summed E-state index contributed by atoms with van der Waals surface area (Å²) in [7, 11) is -2.13. The van der Waals surface area contributed by atoms with E-state index in [1.807, 2.05) is 32.0 Å². The number of hydrogen-bond donors (Lipinski definition) is 1. The Bertz CT molecular complexity index is 1060. The number of nitrogens with zero attached hydrogens (tertiary/aromatic N) is 2. The van der Waals surface area contributed by atoms with Crippen molar-refractivity contribution in [3.05, 3.63) is 65.2 Å². The molecule has 0 spiro atoms. The van der Waals surface area contributed by atoms with E-state index in [0.717, 1.165) is 18.4 Å². The quantitative estimate of drug-likeness (QED) is 0.372. The molecule has 0 heterocycles. The highest BCUT2D eigenvalue weighted by molar-refractivity contribution is 7.89. The van der Waals surface area contributed by atoms with Gasteiger partial charge < -0.3 is 10.2 Å². The number of hydrogen-bond acceptors (Lipinski definition) is 4. The summed E-state index contributed by atoms with van der Waals surface area (Å²) in [6.45, 7) is 4.86. The zero-order valence-corrected chi connectivity index (χ0v) is 22.3. The van der Waals surface area contributed by atoms with Gasteiger partial charge in [-0.3, -0.25) is 9.59 Å². The normalized spacial score (nSPS) is 12.4. The minimum Gasteiger partial charge on any atom is -0.354 e. The molecule has 2 amide bonds. The number of carbonyl (C=O) groups is 2. The van der Waals surface area contributed by atoms with Crippen molar-refractivity contribution < 1.29 is 18.0 Å². The number of unbranched alkanes of at least 4 members (excludes halogenated alkanes) is 1. The summed E-state index contributed by atoms with van der Waals surface area (Å²) >= 11 is 6.35. The molecule has 2 aromatic rings. The second-order valence-electron chi connectivity index (χ2n) is 8.42. The molecule has 0 fully saturated rings. The van der Waals surface area contributed by atoms with Gasteiger partial charge in [-0.1, -0.05) is 68.3 Å². The summed E-state index contributed by atoms with van der Waals surface area (Å²) < 4.78 is 26.8. The molecule has 0 aromatic heterocycles. The molecule has 2 rings (SSSR count). The monoisotopic (exact) mass is 521 g/mol. The summed E-state index contributed by atoms with van der Waals surface area (Å²) in [5.41, 5.74) is 0.756. The second-order valence-corrected chi connectivity index (χ2v) is 10.9. The van der Waals surface area contributed by atoms with Crippen molar-refractivity contribution in [3.63, 3.8) is 0 Å². The summed E-state index contributed by atoms with van der Waals surface area (Å²) in [6.07, 6.45) is 2.71.